The first-order valence-corrected chi connectivity index (χ1v) is 4.63. The van der Waals surface area contributed by atoms with Crippen molar-refractivity contribution in [2.24, 2.45) is 0 Å². The Balaban J connectivity index is 2.97. The Morgan fingerprint density at radius 2 is 1.71 bits per heavy atom. The van der Waals surface area contributed by atoms with Crippen molar-refractivity contribution in [1.29, 1.82) is 0 Å². The molecule has 0 saturated heterocycles. The van der Waals surface area contributed by atoms with E-state index in [9.17, 15) is 14.4 Å². The summed E-state index contributed by atoms with van der Waals surface area (Å²) in [5, 5.41) is 17.6. The number of hydrogen-bond donors (Lipinski definition) is 3. The molecule has 0 radical (unpaired) electrons. The van der Waals surface area contributed by atoms with E-state index >= 15 is 0 Å². The summed E-state index contributed by atoms with van der Waals surface area (Å²) in [6.07, 6.45) is 1.05. The summed E-state index contributed by atoms with van der Waals surface area (Å²) in [6.45, 7) is 0. The fourth-order valence-corrected chi connectivity index (χ4v) is 1.60. The molecule has 1 aromatic heterocycles. The SMILES string of the molecule is O=C(O)c1c[nH]c2cccc(C(=O)O)c2c1=O. The van der Waals surface area contributed by atoms with Gasteiger partial charge in [0.15, 0.2) is 0 Å². The molecule has 6 nitrogen and oxygen atoms in total. The van der Waals surface area contributed by atoms with Gasteiger partial charge in [-0.1, -0.05) is 6.07 Å². The third-order valence-corrected chi connectivity index (χ3v) is 2.37. The van der Waals surface area contributed by atoms with Crippen LogP contribution in [0.25, 0.3) is 10.9 Å². The number of nitrogens with one attached hydrogen (secondary N) is 1. The van der Waals surface area contributed by atoms with Crippen molar-refractivity contribution in [3.8, 4) is 0 Å². The lowest BCUT2D eigenvalue weighted by atomic mass is 10.1. The third-order valence-electron chi connectivity index (χ3n) is 2.37. The first kappa shape index (κ1) is 10.9. The smallest absolute Gasteiger partial charge is 0.341 e. The number of benzene rings is 1. The second kappa shape index (κ2) is 3.75. The Bertz CT molecular complexity index is 686. The van der Waals surface area contributed by atoms with E-state index in [4.69, 9.17) is 10.2 Å². The quantitative estimate of drug-likeness (QED) is 0.714. The van der Waals surface area contributed by atoms with Gasteiger partial charge >= 0.3 is 11.9 Å². The van der Waals surface area contributed by atoms with E-state index in [1.807, 2.05) is 0 Å². The second-order valence-electron chi connectivity index (χ2n) is 3.37. The highest BCUT2D eigenvalue weighted by Crippen LogP contribution is 2.13. The fraction of sp³-hybridized carbons (Fsp3) is 0. The van der Waals surface area contributed by atoms with Gasteiger partial charge in [-0.05, 0) is 12.1 Å². The highest BCUT2D eigenvalue weighted by molar-refractivity contribution is 6.04. The molecular formula is C11H7NO5. The topological polar surface area (TPSA) is 107 Å². The van der Waals surface area contributed by atoms with Crippen LogP contribution in [0.3, 0.4) is 0 Å². The molecule has 0 saturated carbocycles. The van der Waals surface area contributed by atoms with Gasteiger partial charge in [-0.2, -0.15) is 0 Å². The average Bonchev–Trinajstić information content (AvgIpc) is 2.28. The molecule has 1 aromatic carbocycles. The largest absolute Gasteiger partial charge is 0.478 e. The number of hydrogen-bond acceptors (Lipinski definition) is 3. The van der Waals surface area contributed by atoms with Gasteiger partial charge in [-0.25, -0.2) is 9.59 Å². The van der Waals surface area contributed by atoms with Crippen LogP contribution in [-0.4, -0.2) is 27.1 Å². The van der Waals surface area contributed by atoms with Gasteiger partial charge in [-0.15, -0.1) is 0 Å². The number of fused-ring (bicyclic) bond motifs is 1. The summed E-state index contributed by atoms with van der Waals surface area (Å²) in [6, 6.07) is 4.24. The molecule has 0 aliphatic carbocycles. The maximum absolute atomic E-state index is 11.8. The zero-order chi connectivity index (χ0) is 12.6. The molecule has 0 amide bonds. The maximum atomic E-state index is 11.8. The molecule has 0 aliphatic heterocycles. The third kappa shape index (κ3) is 1.65. The molecule has 0 spiro atoms. The molecule has 2 rings (SSSR count). The fourth-order valence-electron chi connectivity index (χ4n) is 1.60. The Kier molecular flexibility index (Phi) is 2.40. The van der Waals surface area contributed by atoms with Crippen molar-refractivity contribution in [2.75, 3.05) is 0 Å². The van der Waals surface area contributed by atoms with Crippen LogP contribution in [-0.2, 0) is 0 Å². The molecule has 0 atom stereocenters. The zero-order valence-electron chi connectivity index (χ0n) is 8.43. The molecule has 1 heterocycles. The number of pyridine rings is 1. The van der Waals surface area contributed by atoms with Crippen LogP contribution in [0.4, 0.5) is 0 Å². The summed E-state index contributed by atoms with van der Waals surface area (Å²) in [4.78, 5) is 36.2. The zero-order valence-corrected chi connectivity index (χ0v) is 8.43. The van der Waals surface area contributed by atoms with Crippen molar-refractivity contribution in [1.82, 2.24) is 4.98 Å². The lowest BCUT2D eigenvalue weighted by molar-refractivity contribution is 0.0683. The van der Waals surface area contributed by atoms with E-state index in [2.05, 4.69) is 4.98 Å². The minimum atomic E-state index is -1.40. The monoisotopic (exact) mass is 233 g/mol. The Morgan fingerprint density at radius 1 is 1.06 bits per heavy atom. The van der Waals surface area contributed by atoms with Crippen LogP contribution < -0.4 is 5.43 Å². The molecule has 17 heavy (non-hydrogen) atoms. The highest BCUT2D eigenvalue weighted by Gasteiger charge is 2.16. The normalized spacial score (nSPS) is 10.4. The minimum Gasteiger partial charge on any atom is -0.478 e. The van der Waals surface area contributed by atoms with Crippen LogP contribution in [0.5, 0.6) is 0 Å². The summed E-state index contributed by atoms with van der Waals surface area (Å²) < 4.78 is 0. The lowest BCUT2D eigenvalue weighted by Crippen LogP contribution is -2.17. The molecule has 0 fully saturated rings. The van der Waals surface area contributed by atoms with Gasteiger partial charge in [0.25, 0.3) is 0 Å². The van der Waals surface area contributed by atoms with Crippen molar-refractivity contribution in [3.63, 3.8) is 0 Å². The molecule has 0 aliphatic rings. The van der Waals surface area contributed by atoms with Crippen LogP contribution in [0.2, 0.25) is 0 Å². The molecule has 3 N–H and O–H groups in total. The molecule has 0 unspecified atom stereocenters. The number of aromatic carboxylic acids is 2. The van der Waals surface area contributed by atoms with Crippen molar-refractivity contribution >= 4 is 22.8 Å². The molecular weight excluding hydrogens is 226 g/mol. The second-order valence-corrected chi connectivity index (χ2v) is 3.37. The predicted molar refractivity (Wildman–Crippen MR) is 58.5 cm³/mol. The van der Waals surface area contributed by atoms with Gasteiger partial charge in [0, 0.05) is 6.20 Å². The summed E-state index contributed by atoms with van der Waals surface area (Å²) in [7, 11) is 0. The minimum absolute atomic E-state index is 0.125. The van der Waals surface area contributed by atoms with Gasteiger partial charge in [0.2, 0.25) is 5.43 Å². The van der Waals surface area contributed by atoms with Gasteiger partial charge in [0.1, 0.15) is 5.56 Å². The molecule has 2 aromatic rings. The number of rotatable bonds is 2. The Labute approximate surface area is 94.1 Å². The maximum Gasteiger partial charge on any atom is 0.341 e. The molecule has 86 valence electrons. The van der Waals surface area contributed by atoms with Crippen molar-refractivity contribution in [2.45, 2.75) is 0 Å². The van der Waals surface area contributed by atoms with E-state index in [1.54, 1.807) is 0 Å². The Morgan fingerprint density at radius 3 is 2.29 bits per heavy atom. The lowest BCUT2D eigenvalue weighted by Gasteiger charge is -2.02. The van der Waals surface area contributed by atoms with Crippen LogP contribution in [0, 0.1) is 0 Å². The Hall–Kier alpha value is -2.63. The molecule has 0 bridgehead atoms. The van der Waals surface area contributed by atoms with Gasteiger partial charge in [0.05, 0.1) is 16.5 Å². The summed E-state index contributed by atoms with van der Waals surface area (Å²) >= 11 is 0. The van der Waals surface area contributed by atoms with Crippen molar-refractivity contribution < 1.29 is 19.8 Å². The number of H-pyrrole nitrogens is 1. The number of carboxylic acid groups (broad SMARTS) is 2. The number of carbonyl (C=O) groups is 2. The number of aromatic amines is 1. The van der Waals surface area contributed by atoms with Gasteiger partial charge in [-0.3, -0.25) is 4.79 Å². The van der Waals surface area contributed by atoms with Crippen LogP contribution in [0.15, 0.2) is 29.2 Å². The van der Waals surface area contributed by atoms with Crippen LogP contribution >= 0.6 is 0 Å². The summed E-state index contributed by atoms with van der Waals surface area (Å²) in [5.41, 5.74) is -1.21. The first-order valence-electron chi connectivity index (χ1n) is 4.63. The van der Waals surface area contributed by atoms with E-state index < -0.39 is 22.9 Å². The average molecular weight is 233 g/mol. The number of aromatic nitrogens is 1. The van der Waals surface area contributed by atoms with Crippen molar-refractivity contribution in [3.05, 3.63) is 45.7 Å². The molecule has 6 heteroatoms. The number of carboxylic acids is 2. The standard InChI is InChI=1S/C11H7NO5/c13-9-6(11(16)17)4-12-7-3-1-2-5(8(7)9)10(14)15/h1-4H,(H,12,13)(H,14,15)(H,16,17). The summed E-state index contributed by atoms with van der Waals surface area (Å²) in [5.74, 6) is -2.67. The predicted octanol–water partition coefficient (Wildman–Crippen LogP) is 0.924. The van der Waals surface area contributed by atoms with E-state index in [1.165, 1.54) is 18.2 Å². The van der Waals surface area contributed by atoms with Crippen LogP contribution in [0.1, 0.15) is 20.7 Å². The van der Waals surface area contributed by atoms with E-state index in [0.29, 0.717) is 5.52 Å². The van der Waals surface area contributed by atoms with E-state index in [-0.39, 0.29) is 10.9 Å². The van der Waals surface area contributed by atoms with E-state index in [0.717, 1.165) is 6.20 Å². The first-order chi connectivity index (χ1) is 8.02. The highest BCUT2D eigenvalue weighted by atomic mass is 16.4. The van der Waals surface area contributed by atoms with Gasteiger partial charge < -0.3 is 15.2 Å².